The van der Waals surface area contributed by atoms with E-state index in [4.69, 9.17) is 0 Å². The Kier molecular flexibility index (Phi) is 3.27. The Hall–Kier alpha value is -2.05. The maximum Gasteiger partial charge on any atom is 0.149 e. The van der Waals surface area contributed by atoms with E-state index in [9.17, 15) is 14.0 Å². The van der Waals surface area contributed by atoms with Gasteiger partial charge in [-0.2, -0.15) is 0 Å². The van der Waals surface area contributed by atoms with Crippen molar-refractivity contribution in [2.24, 2.45) is 0 Å². The summed E-state index contributed by atoms with van der Waals surface area (Å²) in [4.78, 5) is 3.92. The van der Waals surface area contributed by atoms with E-state index in [0.717, 1.165) is 12.1 Å². The van der Waals surface area contributed by atoms with Crippen molar-refractivity contribution in [1.82, 2.24) is 4.98 Å². The van der Waals surface area contributed by atoms with Crippen LogP contribution in [-0.4, -0.2) is 4.98 Å². The van der Waals surface area contributed by atoms with Crippen LogP contribution in [0.3, 0.4) is 0 Å². The van der Waals surface area contributed by atoms with Gasteiger partial charge in [0.15, 0.2) is 0 Å². The van der Waals surface area contributed by atoms with Crippen LogP contribution >= 0.6 is 0 Å². The summed E-state index contributed by atoms with van der Waals surface area (Å²) in [6.45, 7) is 0. The minimum atomic E-state index is -0.719. The zero-order chi connectivity index (χ0) is 12.3. The van der Waals surface area contributed by atoms with Gasteiger partial charge >= 0.3 is 0 Å². The molecular weight excluding hydrogens is 228 g/mol. The number of quaternary nitrogens is 1. The van der Waals surface area contributed by atoms with Crippen LogP contribution in [0.15, 0.2) is 36.5 Å². The highest BCUT2D eigenvalue weighted by molar-refractivity contribution is 5.58. The van der Waals surface area contributed by atoms with Crippen molar-refractivity contribution < 1.29 is 14.3 Å². The fourth-order valence-corrected chi connectivity index (χ4v) is 1.32. The monoisotopic (exact) mass is 237 g/mol. The molecule has 1 aromatic carbocycles. The molecule has 0 fully saturated rings. The van der Waals surface area contributed by atoms with E-state index in [0.29, 0.717) is 17.0 Å². The molecule has 0 aliphatic rings. The summed E-state index contributed by atoms with van der Waals surface area (Å²) in [6, 6.07) is 6.16. The molecule has 1 heterocycles. The van der Waals surface area contributed by atoms with Gasteiger partial charge in [-0.1, -0.05) is 0 Å². The first-order valence-corrected chi connectivity index (χ1v) is 4.82. The molecule has 88 valence electrons. The van der Waals surface area contributed by atoms with Gasteiger partial charge in [-0.05, 0) is 12.1 Å². The van der Waals surface area contributed by atoms with Crippen molar-refractivity contribution in [1.29, 1.82) is 0 Å². The molecule has 6 heteroatoms. The third-order valence-corrected chi connectivity index (χ3v) is 2.11. The normalized spacial score (nSPS) is 10.3. The number of halogens is 2. The van der Waals surface area contributed by atoms with Gasteiger partial charge in [0.1, 0.15) is 23.1 Å². The number of nitrogens with one attached hydrogen (secondary N) is 1. The molecule has 0 saturated heterocycles. The molecule has 0 amide bonds. The van der Waals surface area contributed by atoms with Crippen LogP contribution < -0.4 is 10.8 Å². The highest BCUT2D eigenvalue weighted by Gasteiger charge is 2.05. The Labute approximate surface area is 95.9 Å². The summed E-state index contributed by atoms with van der Waals surface area (Å²) in [5.41, 5.74) is 1.18. The number of pyridine rings is 1. The number of rotatable bonds is 3. The maximum atomic E-state index is 13.3. The molecule has 17 heavy (non-hydrogen) atoms. The predicted molar refractivity (Wildman–Crippen MR) is 58.8 cm³/mol. The third-order valence-electron chi connectivity index (χ3n) is 2.11. The largest absolute Gasteiger partial charge is 0.630 e. The first-order valence-electron chi connectivity index (χ1n) is 4.82. The molecule has 0 aliphatic heterocycles. The minimum Gasteiger partial charge on any atom is -0.630 e. The summed E-state index contributed by atoms with van der Waals surface area (Å²) >= 11 is 0. The van der Waals surface area contributed by atoms with Crippen LogP contribution in [0.2, 0.25) is 0 Å². The quantitative estimate of drug-likeness (QED) is 0.800. The molecular formula is C11H9F2N3O. The zero-order valence-electron chi connectivity index (χ0n) is 8.65. The number of nitrogens with two attached hydrogens (primary N) is 1. The highest BCUT2D eigenvalue weighted by Crippen LogP contribution is 2.19. The number of benzene rings is 1. The number of anilines is 2. The van der Waals surface area contributed by atoms with Crippen LogP contribution in [0.5, 0.6) is 0 Å². The Morgan fingerprint density at radius 2 is 2.00 bits per heavy atom. The highest BCUT2D eigenvalue weighted by atomic mass is 19.1. The number of nitrogens with zero attached hydrogens (tertiary/aromatic N) is 1. The minimum absolute atomic E-state index is 0.0990. The van der Waals surface area contributed by atoms with E-state index >= 15 is 0 Å². The fourth-order valence-electron chi connectivity index (χ4n) is 1.32. The standard InChI is InChI=1S/C11H9F2N3O/c12-7-1-2-10(9(13)5-7)15-11-6-8(16-17)3-4-14-11/h1-6H,16H2,(H,14,15). The number of aromatic nitrogens is 1. The average Bonchev–Trinajstić information content (AvgIpc) is 2.33. The maximum absolute atomic E-state index is 13.3. The zero-order valence-corrected chi connectivity index (χ0v) is 8.65. The smallest absolute Gasteiger partial charge is 0.149 e. The van der Waals surface area contributed by atoms with Gasteiger partial charge in [0, 0.05) is 24.4 Å². The van der Waals surface area contributed by atoms with Gasteiger partial charge in [0.2, 0.25) is 0 Å². The third kappa shape index (κ3) is 2.74. The molecule has 2 aromatic rings. The van der Waals surface area contributed by atoms with Gasteiger partial charge in [-0.3, -0.25) is 0 Å². The lowest BCUT2D eigenvalue weighted by Gasteiger charge is -2.08. The molecule has 1 aromatic heterocycles. The first-order chi connectivity index (χ1) is 8.19. The lowest BCUT2D eigenvalue weighted by Crippen LogP contribution is -2.70. The average molecular weight is 237 g/mol. The molecule has 2 rings (SSSR count). The van der Waals surface area contributed by atoms with E-state index in [-0.39, 0.29) is 5.69 Å². The van der Waals surface area contributed by atoms with Crippen LogP contribution in [0.1, 0.15) is 0 Å². The van der Waals surface area contributed by atoms with Gasteiger partial charge in [-0.25, -0.2) is 13.8 Å². The van der Waals surface area contributed by atoms with E-state index in [2.05, 4.69) is 10.3 Å². The van der Waals surface area contributed by atoms with Gasteiger partial charge in [0.05, 0.1) is 5.69 Å². The van der Waals surface area contributed by atoms with Gasteiger partial charge in [-0.15, -0.1) is 0 Å². The molecule has 0 unspecified atom stereocenters. The van der Waals surface area contributed by atoms with E-state index in [1.165, 1.54) is 24.4 Å². The SMILES string of the molecule is [O-][NH2+]c1ccnc(Nc2ccc(F)cc2F)c1. The summed E-state index contributed by atoms with van der Waals surface area (Å²) in [5, 5.41) is 13.2. The molecule has 0 radical (unpaired) electrons. The van der Waals surface area contributed by atoms with Crippen molar-refractivity contribution in [2.75, 3.05) is 5.32 Å². The van der Waals surface area contributed by atoms with Crippen molar-refractivity contribution in [3.05, 3.63) is 53.4 Å². The molecule has 0 bridgehead atoms. The van der Waals surface area contributed by atoms with E-state index < -0.39 is 11.6 Å². The Morgan fingerprint density at radius 3 is 2.71 bits per heavy atom. The fraction of sp³-hybridized carbons (Fsp3) is 0. The van der Waals surface area contributed by atoms with Crippen molar-refractivity contribution >= 4 is 17.2 Å². The van der Waals surface area contributed by atoms with Crippen molar-refractivity contribution in [3.8, 4) is 0 Å². The Bertz CT molecular complexity index is 534. The first kappa shape index (κ1) is 11.4. The lowest BCUT2D eigenvalue weighted by atomic mass is 10.3. The topological polar surface area (TPSA) is 64.6 Å². The molecule has 0 saturated carbocycles. The molecule has 0 spiro atoms. The summed E-state index contributed by atoms with van der Waals surface area (Å²) in [7, 11) is 0. The second-order valence-electron chi connectivity index (χ2n) is 3.34. The van der Waals surface area contributed by atoms with Gasteiger partial charge in [0.25, 0.3) is 0 Å². The molecule has 0 aliphatic carbocycles. The van der Waals surface area contributed by atoms with Gasteiger partial charge < -0.3 is 16.0 Å². The lowest BCUT2D eigenvalue weighted by molar-refractivity contribution is -0.497. The second kappa shape index (κ2) is 4.86. The molecule has 4 nitrogen and oxygen atoms in total. The Balaban J connectivity index is 2.25. The Morgan fingerprint density at radius 1 is 1.18 bits per heavy atom. The number of hydrogen-bond donors (Lipinski definition) is 2. The summed E-state index contributed by atoms with van der Waals surface area (Å²) in [5.74, 6) is -1.05. The van der Waals surface area contributed by atoms with E-state index in [1.54, 1.807) is 0 Å². The van der Waals surface area contributed by atoms with Crippen LogP contribution in [0, 0.1) is 16.8 Å². The van der Waals surface area contributed by atoms with E-state index in [1.807, 2.05) is 0 Å². The molecule has 0 atom stereocenters. The summed E-state index contributed by atoms with van der Waals surface area (Å²) < 4.78 is 26.0. The molecule has 3 N–H and O–H groups in total. The predicted octanol–water partition coefficient (Wildman–Crippen LogP) is 1.80. The van der Waals surface area contributed by atoms with Crippen molar-refractivity contribution in [2.45, 2.75) is 0 Å². The van der Waals surface area contributed by atoms with Crippen LogP contribution in [0.4, 0.5) is 26.0 Å². The van der Waals surface area contributed by atoms with Crippen molar-refractivity contribution in [3.63, 3.8) is 0 Å². The van der Waals surface area contributed by atoms with Crippen LogP contribution in [0.25, 0.3) is 0 Å². The van der Waals surface area contributed by atoms with Crippen LogP contribution in [-0.2, 0) is 0 Å². The summed E-state index contributed by atoms with van der Waals surface area (Å²) in [6.07, 6.45) is 1.42. The second-order valence-corrected chi connectivity index (χ2v) is 3.34. The number of hydrogen-bond acceptors (Lipinski definition) is 3.